The molecule has 0 atom stereocenters. The minimum Gasteiger partial charge on any atom is -0.484 e. The Morgan fingerprint density at radius 3 is 2.37 bits per heavy atom. The zero-order valence-electron chi connectivity index (χ0n) is 10.5. The van der Waals surface area contributed by atoms with Crippen LogP contribution in [0.2, 0.25) is 5.02 Å². The summed E-state index contributed by atoms with van der Waals surface area (Å²) >= 11 is 5.76. The summed E-state index contributed by atoms with van der Waals surface area (Å²) in [5, 5.41) is 3.36. The molecule has 0 saturated carbocycles. The van der Waals surface area contributed by atoms with E-state index in [1.165, 1.54) is 0 Å². The van der Waals surface area contributed by atoms with Gasteiger partial charge >= 0.3 is 0 Å². The number of anilines is 1. The zero-order valence-corrected chi connectivity index (χ0v) is 11.3. The molecule has 2 aromatic rings. The second kappa shape index (κ2) is 6.25. The molecule has 0 aliphatic heterocycles. The van der Waals surface area contributed by atoms with E-state index >= 15 is 0 Å². The molecule has 0 aromatic heterocycles. The van der Waals surface area contributed by atoms with Crippen molar-refractivity contribution in [2.45, 2.75) is 6.92 Å². The third kappa shape index (κ3) is 4.30. The van der Waals surface area contributed by atoms with Gasteiger partial charge in [-0.05, 0) is 43.3 Å². The van der Waals surface area contributed by atoms with Crippen LogP contribution in [-0.4, -0.2) is 12.5 Å². The highest BCUT2D eigenvalue weighted by molar-refractivity contribution is 6.30. The number of amides is 1. The van der Waals surface area contributed by atoms with E-state index in [9.17, 15) is 4.79 Å². The van der Waals surface area contributed by atoms with Crippen LogP contribution < -0.4 is 10.1 Å². The van der Waals surface area contributed by atoms with Crippen LogP contribution in [0.5, 0.6) is 5.75 Å². The van der Waals surface area contributed by atoms with Crippen LogP contribution in [0.3, 0.4) is 0 Å². The molecule has 1 amide bonds. The second-order valence-corrected chi connectivity index (χ2v) is 4.59. The third-order valence-corrected chi connectivity index (χ3v) is 2.77. The van der Waals surface area contributed by atoms with Crippen LogP contribution in [0.15, 0.2) is 48.5 Å². The minimum atomic E-state index is -0.206. The van der Waals surface area contributed by atoms with Crippen molar-refractivity contribution in [3.8, 4) is 5.75 Å². The van der Waals surface area contributed by atoms with Gasteiger partial charge in [0.05, 0.1) is 0 Å². The fourth-order valence-electron chi connectivity index (χ4n) is 1.51. The topological polar surface area (TPSA) is 38.3 Å². The number of halogens is 1. The first-order valence-electron chi connectivity index (χ1n) is 5.88. The minimum absolute atomic E-state index is 0.0221. The predicted octanol–water partition coefficient (Wildman–Crippen LogP) is 3.67. The normalized spacial score (nSPS) is 10.0. The summed E-state index contributed by atoms with van der Waals surface area (Å²) in [7, 11) is 0. The second-order valence-electron chi connectivity index (χ2n) is 4.16. The van der Waals surface area contributed by atoms with Gasteiger partial charge in [0, 0.05) is 10.7 Å². The molecule has 4 heteroatoms. The van der Waals surface area contributed by atoms with Gasteiger partial charge in [-0.25, -0.2) is 0 Å². The van der Waals surface area contributed by atoms with Crippen molar-refractivity contribution < 1.29 is 9.53 Å². The molecule has 0 heterocycles. The number of benzene rings is 2. The molecule has 0 aliphatic rings. The van der Waals surface area contributed by atoms with E-state index in [1.54, 1.807) is 24.3 Å². The van der Waals surface area contributed by atoms with Gasteiger partial charge in [0.25, 0.3) is 5.91 Å². The Balaban J connectivity index is 1.84. The zero-order chi connectivity index (χ0) is 13.7. The summed E-state index contributed by atoms with van der Waals surface area (Å²) in [4.78, 5) is 11.7. The molecular formula is C15H14ClNO2. The fourth-order valence-corrected chi connectivity index (χ4v) is 1.64. The summed E-state index contributed by atoms with van der Waals surface area (Å²) in [5.74, 6) is 0.472. The van der Waals surface area contributed by atoms with Crippen molar-refractivity contribution in [3.05, 3.63) is 59.1 Å². The molecule has 0 spiro atoms. The van der Waals surface area contributed by atoms with Crippen molar-refractivity contribution >= 4 is 23.2 Å². The lowest BCUT2D eigenvalue weighted by atomic mass is 10.2. The highest BCUT2D eigenvalue weighted by Crippen LogP contribution is 2.14. The van der Waals surface area contributed by atoms with Crippen molar-refractivity contribution in [1.82, 2.24) is 0 Å². The molecule has 0 bridgehead atoms. The van der Waals surface area contributed by atoms with Crippen LogP contribution in [0.4, 0.5) is 5.69 Å². The first-order valence-corrected chi connectivity index (χ1v) is 6.26. The van der Waals surface area contributed by atoms with E-state index < -0.39 is 0 Å². The third-order valence-electron chi connectivity index (χ3n) is 2.52. The van der Waals surface area contributed by atoms with E-state index in [0.717, 1.165) is 5.56 Å². The van der Waals surface area contributed by atoms with E-state index in [2.05, 4.69) is 5.32 Å². The van der Waals surface area contributed by atoms with Gasteiger partial charge in [-0.2, -0.15) is 0 Å². The molecule has 0 fully saturated rings. The Bertz CT molecular complexity index is 549. The van der Waals surface area contributed by atoms with Crippen LogP contribution in [-0.2, 0) is 4.79 Å². The van der Waals surface area contributed by atoms with Crippen LogP contribution in [0, 0.1) is 6.92 Å². The standard InChI is InChI=1S/C15H14ClNO2/c1-11-2-8-14(9-3-11)19-10-15(18)17-13-6-4-12(16)5-7-13/h2-9H,10H2,1H3,(H,17,18). The lowest BCUT2D eigenvalue weighted by molar-refractivity contribution is -0.118. The van der Waals surface area contributed by atoms with Gasteiger partial charge in [-0.15, -0.1) is 0 Å². The molecule has 0 aliphatic carbocycles. The Kier molecular flexibility index (Phi) is 4.42. The predicted molar refractivity (Wildman–Crippen MR) is 76.8 cm³/mol. The Hall–Kier alpha value is -2.00. The van der Waals surface area contributed by atoms with E-state index in [4.69, 9.17) is 16.3 Å². The quantitative estimate of drug-likeness (QED) is 0.925. The van der Waals surface area contributed by atoms with E-state index in [0.29, 0.717) is 16.5 Å². The molecule has 0 unspecified atom stereocenters. The summed E-state index contributed by atoms with van der Waals surface area (Å²) in [6.45, 7) is 1.97. The summed E-state index contributed by atoms with van der Waals surface area (Å²) < 4.78 is 5.38. The number of carbonyl (C=O) groups excluding carboxylic acids is 1. The first kappa shape index (κ1) is 13.4. The SMILES string of the molecule is Cc1ccc(OCC(=O)Nc2ccc(Cl)cc2)cc1. The van der Waals surface area contributed by atoms with Gasteiger partial charge in [-0.3, -0.25) is 4.79 Å². The smallest absolute Gasteiger partial charge is 0.262 e. The Morgan fingerprint density at radius 1 is 1.11 bits per heavy atom. The maximum Gasteiger partial charge on any atom is 0.262 e. The van der Waals surface area contributed by atoms with Crippen LogP contribution in [0.1, 0.15) is 5.56 Å². The lowest BCUT2D eigenvalue weighted by Crippen LogP contribution is -2.20. The maximum absolute atomic E-state index is 11.7. The number of rotatable bonds is 4. The maximum atomic E-state index is 11.7. The highest BCUT2D eigenvalue weighted by Gasteiger charge is 2.03. The number of aryl methyl sites for hydroxylation is 1. The molecule has 1 N–H and O–H groups in total. The fraction of sp³-hybridized carbons (Fsp3) is 0.133. The highest BCUT2D eigenvalue weighted by atomic mass is 35.5. The first-order chi connectivity index (χ1) is 9.13. The molecule has 0 radical (unpaired) electrons. The lowest BCUT2D eigenvalue weighted by Gasteiger charge is -2.07. The van der Waals surface area contributed by atoms with Gasteiger partial charge in [0.1, 0.15) is 5.75 Å². The molecule has 98 valence electrons. The summed E-state index contributed by atoms with van der Waals surface area (Å²) in [6.07, 6.45) is 0. The van der Waals surface area contributed by atoms with E-state index in [-0.39, 0.29) is 12.5 Å². The van der Waals surface area contributed by atoms with Crippen molar-refractivity contribution in [1.29, 1.82) is 0 Å². The van der Waals surface area contributed by atoms with Crippen LogP contribution in [0.25, 0.3) is 0 Å². The molecule has 2 aromatic carbocycles. The molecular weight excluding hydrogens is 262 g/mol. The van der Waals surface area contributed by atoms with Gasteiger partial charge in [0.15, 0.2) is 6.61 Å². The molecule has 0 saturated heterocycles. The number of ether oxygens (including phenoxy) is 1. The van der Waals surface area contributed by atoms with Crippen LogP contribution >= 0.6 is 11.6 Å². The monoisotopic (exact) mass is 275 g/mol. The Morgan fingerprint density at radius 2 is 1.74 bits per heavy atom. The number of hydrogen-bond donors (Lipinski definition) is 1. The number of carbonyl (C=O) groups is 1. The van der Waals surface area contributed by atoms with Crippen molar-refractivity contribution in [2.75, 3.05) is 11.9 Å². The molecule has 19 heavy (non-hydrogen) atoms. The summed E-state index contributed by atoms with van der Waals surface area (Å²) in [5.41, 5.74) is 1.85. The average Bonchev–Trinajstić information content (AvgIpc) is 2.41. The Labute approximate surface area is 117 Å². The molecule has 3 nitrogen and oxygen atoms in total. The van der Waals surface area contributed by atoms with Crippen molar-refractivity contribution in [3.63, 3.8) is 0 Å². The largest absolute Gasteiger partial charge is 0.484 e. The molecule has 2 rings (SSSR count). The van der Waals surface area contributed by atoms with E-state index in [1.807, 2.05) is 31.2 Å². The van der Waals surface area contributed by atoms with Gasteiger partial charge in [-0.1, -0.05) is 29.3 Å². The number of hydrogen-bond acceptors (Lipinski definition) is 2. The number of nitrogens with one attached hydrogen (secondary N) is 1. The van der Waals surface area contributed by atoms with Crippen molar-refractivity contribution in [2.24, 2.45) is 0 Å². The van der Waals surface area contributed by atoms with Gasteiger partial charge in [0.2, 0.25) is 0 Å². The summed E-state index contributed by atoms with van der Waals surface area (Å²) in [6, 6.07) is 14.5. The van der Waals surface area contributed by atoms with Gasteiger partial charge < -0.3 is 10.1 Å². The average molecular weight is 276 g/mol.